The molecule has 3 aromatic carbocycles. The van der Waals surface area contributed by atoms with Crippen molar-refractivity contribution in [1.29, 1.82) is 0 Å². The Bertz CT molecular complexity index is 1210. The van der Waals surface area contributed by atoms with Gasteiger partial charge < -0.3 is 15.1 Å². The normalized spacial score (nSPS) is 11.8. The van der Waals surface area contributed by atoms with Crippen molar-refractivity contribution in [2.24, 2.45) is 5.92 Å². The fourth-order valence-electron chi connectivity index (χ4n) is 3.80. The molecule has 0 aliphatic heterocycles. The molecule has 0 aliphatic carbocycles. The number of carbonyl (C=O) groups excluding carboxylic acids is 2. The number of amides is 2. The highest BCUT2D eigenvalue weighted by molar-refractivity contribution is 6.34. The maximum absolute atomic E-state index is 13.6. The molecular formula is C28H31Cl2N3O2. The summed E-state index contributed by atoms with van der Waals surface area (Å²) in [5.74, 6) is -0.196. The summed E-state index contributed by atoms with van der Waals surface area (Å²) in [7, 11) is 3.90. The number of nitrogens with zero attached hydrogens (tertiary/aromatic N) is 2. The van der Waals surface area contributed by atoms with Crippen LogP contribution < -0.4 is 10.2 Å². The Morgan fingerprint density at radius 1 is 0.857 bits per heavy atom. The van der Waals surface area contributed by atoms with Crippen LogP contribution in [0.3, 0.4) is 0 Å². The number of rotatable bonds is 8. The van der Waals surface area contributed by atoms with Crippen LogP contribution in [0.25, 0.3) is 0 Å². The smallest absolute Gasteiger partial charge is 0.257 e. The molecule has 1 atom stereocenters. The Morgan fingerprint density at radius 2 is 1.43 bits per heavy atom. The van der Waals surface area contributed by atoms with Gasteiger partial charge in [-0.2, -0.15) is 0 Å². The third kappa shape index (κ3) is 6.36. The largest absolute Gasteiger partial charge is 0.377 e. The summed E-state index contributed by atoms with van der Waals surface area (Å²) in [6.45, 7) is 6.57. The van der Waals surface area contributed by atoms with Gasteiger partial charge in [-0.25, -0.2) is 0 Å². The van der Waals surface area contributed by atoms with E-state index >= 15 is 0 Å². The van der Waals surface area contributed by atoms with Gasteiger partial charge in [0, 0.05) is 38.1 Å². The molecule has 2 amide bonds. The van der Waals surface area contributed by atoms with Crippen molar-refractivity contribution in [3.8, 4) is 0 Å². The zero-order valence-electron chi connectivity index (χ0n) is 20.7. The molecule has 3 aromatic rings. The Labute approximate surface area is 217 Å². The average Bonchev–Trinajstić information content (AvgIpc) is 2.82. The Hall–Kier alpha value is -3.02. The van der Waals surface area contributed by atoms with Crippen molar-refractivity contribution < 1.29 is 9.59 Å². The maximum Gasteiger partial charge on any atom is 0.257 e. The first-order valence-corrected chi connectivity index (χ1v) is 12.3. The van der Waals surface area contributed by atoms with E-state index in [-0.39, 0.29) is 23.8 Å². The van der Waals surface area contributed by atoms with Crippen LogP contribution >= 0.6 is 23.2 Å². The minimum Gasteiger partial charge on any atom is -0.377 e. The van der Waals surface area contributed by atoms with Crippen LogP contribution in [0, 0.1) is 5.92 Å². The van der Waals surface area contributed by atoms with Gasteiger partial charge in [0.05, 0.1) is 21.2 Å². The van der Waals surface area contributed by atoms with Gasteiger partial charge >= 0.3 is 0 Å². The molecule has 184 valence electrons. The molecule has 0 fully saturated rings. The van der Waals surface area contributed by atoms with Crippen LogP contribution in [0.15, 0.2) is 66.7 Å². The lowest BCUT2D eigenvalue weighted by Gasteiger charge is -2.33. The Kier molecular flexibility index (Phi) is 8.82. The van der Waals surface area contributed by atoms with Gasteiger partial charge in [0.25, 0.3) is 11.8 Å². The molecule has 0 aromatic heterocycles. The van der Waals surface area contributed by atoms with Crippen LogP contribution in [0.4, 0.5) is 11.4 Å². The molecular weight excluding hydrogens is 481 g/mol. The predicted molar refractivity (Wildman–Crippen MR) is 146 cm³/mol. The lowest BCUT2D eigenvalue weighted by molar-refractivity contribution is 0.0628. The van der Waals surface area contributed by atoms with E-state index in [4.69, 9.17) is 23.2 Å². The highest BCUT2D eigenvalue weighted by Crippen LogP contribution is 2.29. The molecule has 0 radical (unpaired) electrons. The van der Waals surface area contributed by atoms with Crippen LogP contribution in [-0.2, 0) is 6.54 Å². The van der Waals surface area contributed by atoms with E-state index in [2.05, 4.69) is 19.2 Å². The molecule has 1 unspecified atom stereocenters. The van der Waals surface area contributed by atoms with E-state index in [0.29, 0.717) is 33.4 Å². The zero-order valence-corrected chi connectivity index (χ0v) is 22.2. The van der Waals surface area contributed by atoms with Gasteiger partial charge in [-0.1, -0.05) is 61.3 Å². The first-order chi connectivity index (χ1) is 16.6. The van der Waals surface area contributed by atoms with E-state index in [0.717, 1.165) is 11.3 Å². The van der Waals surface area contributed by atoms with E-state index in [1.807, 2.05) is 61.2 Å². The fourth-order valence-corrected chi connectivity index (χ4v) is 4.24. The summed E-state index contributed by atoms with van der Waals surface area (Å²) in [6, 6.07) is 19.7. The van der Waals surface area contributed by atoms with E-state index in [1.165, 1.54) is 0 Å². The Morgan fingerprint density at radius 3 is 1.97 bits per heavy atom. The summed E-state index contributed by atoms with van der Waals surface area (Å²) in [4.78, 5) is 30.3. The SMILES string of the molecule is CC(C)C(C)N(Cc1cc(NC(=O)c2ccccc2Cl)ccc1N(C)C)C(=O)c1ccccc1Cl. The van der Waals surface area contributed by atoms with E-state index < -0.39 is 0 Å². The molecule has 0 spiro atoms. The van der Waals surface area contributed by atoms with E-state index in [1.54, 1.807) is 36.4 Å². The van der Waals surface area contributed by atoms with Gasteiger partial charge in [0.15, 0.2) is 0 Å². The third-order valence-corrected chi connectivity index (χ3v) is 6.76. The molecule has 35 heavy (non-hydrogen) atoms. The molecule has 0 bridgehead atoms. The lowest BCUT2D eigenvalue weighted by atomic mass is 10.0. The van der Waals surface area contributed by atoms with Crippen LogP contribution in [0.2, 0.25) is 10.0 Å². The van der Waals surface area contributed by atoms with Gasteiger partial charge in [-0.05, 0) is 60.9 Å². The van der Waals surface area contributed by atoms with Crippen molar-refractivity contribution in [2.45, 2.75) is 33.4 Å². The number of halogens is 2. The highest BCUT2D eigenvalue weighted by Gasteiger charge is 2.26. The van der Waals surface area contributed by atoms with E-state index in [9.17, 15) is 9.59 Å². The molecule has 0 aliphatic rings. The summed E-state index contributed by atoms with van der Waals surface area (Å²) in [5, 5.41) is 3.74. The first kappa shape index (κ1) is 26.6. The number of carbonyl (C=O) groups is 2. The topological polar surface area (TPSA) is 52.7 Å². The van der Waals surface area contributed by atoms with Gasteiger partial charge in [0.1, 0.15) is 0 Å². The molecule has 0 saturated heterocycles. The van der Waals surface area contributed by atoms with Crippen molar-refractivity contribution >= 4 is 46.4 Å². The summed E-state index contributed by atoms with van der Waals surface area (Å²) in [5.41, 5.74) is 3.35. The quantitative estimate of drug-likeness (QED) is 0.354. The monoisotopic (exact) mass is 511 g/mol. The standard InChI is InChI=1S/C28H31Cl2N3O2/c1-18(2)19(3)33(28(35)23-11-7-9-13-25(23)30)17-20-16-21(14-15-26(20)32(4)5)31-27(34)22-10-6-8-12-24(22)29/h6-16,18-19H,17H2,1-5H3,(H,31,34). The van der Waals surface area contributed by atoms with Gasteiger partial charge in [-0.3, -0.25) is 9.59 Å². The Balaban J connectivity index is 1.98. The molecule has 7 heteroatoms. The zero-order chi connectivity index (χ0) is 25.7. The number of hydrogen-bond donors (Lipinski definition) is 1. The molecule has 3 rings (SSSR count). The average molecular weight is 512 g/mol. The van der Waals surface area contributed by atoms with Crippen molar-refractivity contribution in [3.63, 3.8) is 0 Å². The van der Waals surface area contributed by atoms with Crippen LogP contribution in [0.5, 0.6) is 0 Å². The van der Waals surface area contributed by atoms with Crippen molar-refractivity contribution in [3.05, 3.63) is 93.5 Å². The van der Waals surface area contributed by atoms with Crippen molar-refractivity contribution in [1.82, 2.24) is 4.90 Å². The van der Waals surface area contributed by atoms with Crippen LogP contribution in [-0.4, -0.2) is 36.9 Å². The fraction of sp³-hybridized carbons (Fsp3) is 0.286. The number of hydrogen-bond acceptors (Lipinski definition) is 3. The summed E-state index contributed by atoms with van der Waals surface area (Å²) < 4.78 is 0. The van der Waals surface area contributed by atoms with Gasteiger partial charge in [0.2, 0.25) is 0 Å². The van der Waals surface area contributed by atoms with Gasteiger partial charge in [-0.15, -0.1) is 0 Å². The molecule has 1 N–H and O–H groups in total. The second-order valence-electron chi connectivity index (χ2n) is 9.07. The summed E-state index contributed by atoms with van der Waals surface area (Å²) >= 11 is 12.6. The minimum absolute atomic E-state index is 0.0462. The van der Waals surface area contributed by atoms with Crippen molar-refractivity contribution in [2.75, 3.05) is 24.3 Å². The minimum atomic E-state index is -0.293. The number of benzene rings is 3. The lowest BCUT2D eigenvalue weighted by Crippen LogP contribution is -2.41. The highest BCUT2D eigenvalue weighted by atomic mass is 35.5. The first-order valence-electron chi connectivity index (χ1n) is 11.5. The predicted octanol–water partition coefficient (Wildman–Crippen LogP) is 7.00. The van der Waals surface area contributed by atoms with Crippen LogP contribution in [0.1, 0.15) is 47.1 Å². The molecule has 0 heterocycles. The second kappa shape index (κ2) is 11.6. The third-order valence-electron chi connectivity index (χ3n) is 6.10. The second-order valence-corrected chi connectivity index (χ2v) is 9.88. The summed E-state index contributed by atoms with van der Waals surface area (Å²) in [6.07, 6.45) is 0. The molecule has 5 nitrogen and oxygen atoms in total. The number of nitrogens with one attached hydrogen (secondary N) is 1. The maximum atomic E-state index is 13.6. The number of anilines is 2. The molecule has 0 saturated carbocycles.